The first-order chi connectivity index (χ1) is 12.0. The highest BCUT2D eigenvalue weighted by Crippen LogP contribution is 2.26. The van der Waals surface area contributed by atoms with Gasteiger partial charge in [-0.25, -0.2) is 14.2 Å². The van der Waals surface area contributed by atoms with Crippen LogP contribution in [0.3, 0.4) is 0 Å². The average Bonchev–Trinajstić information content (AvgIpc) is 3.02. The van der Waals surface area contributed by atoms with E-state index in [1.54, 1.807) is 25.3 Å². The lowest BCUT2D eigenvalue weighted by molar-refractivity contribution is 0.0478. The Bertz CT molecular complexity index is 908. The first-order valence-electron chi connectivity index (χ1n) is 7.39. The number of rotatable bonds is 5. The maximum atomic E-state index is 12.9. The van der Waals surface area contributed by atoms with Crippen molar-refractivity contribution >= 4 is 23.1 Å². The van der Waals surface area contributed by atoms with Gasteiger partial charge in [0.05, 0.1) is 11.4 Å². The fourth-order valence-electron chi connectivity index (χ4n) is 2.10. The second-order valence-corrected chi connectivity index (χ2v) is 6.15. The highest BCUT2D eigenvalue weighted by molar-refractivity contribution is 7.17. The third-order valence-electron chi connectivity index (χ3n) is 3.37. The van der Waals surface area contributed by atoms with Crippen LogP contribution < -0.4 is 0 Å². The number of halogens is 1. The summed E-state index contributed by atoms with van der Waals surface area (Å²) in [6.07, 6.45) is 1.64. The first-order valence-corrected chi connectivity index (χ1v) is 8.21. The molecule has 0 spiro atoms. The molecule has 0 saturated heterocycles. The van der Waals surface area contributed by atoms with Crippen LogP contribution in [0.25, 0.3) is 10.7 Å². The Morgan fingerprint density at radius 3 is 2.60 bits per heavy atom. The maximum absolute atomic E-state index is 12.9. The zero-order valence-corrected chi connectivity index (χ0v) is 14.0. The second-order valence-electron chi connectivity index (χ2n) is 5.15. The van der Waals surface area contributed by atoms with E-state index in [2.05, 4.69) is 9.97 Å². The summed E-state index contributed by atoms with van der Waals surface area (Å²) in [6.45, 7) is 1.28. The van der Waals surface area contributed by atoms with Crippen LogP contribution in [0, 0.1) is 12.7 Å². The zero-order chi connectivity index (χ0) is 17.8. The zero-order valence-electron chi connectivity index (χ0n) is 13.2. The third-order valence-corrected chi connectivity index (χ3v) is 4.53. The summed E-state index contributed by atoms with van der Waals surface area (Å²) in [4.78, 5) is 33.0. The van der Waals surface area contributed by atoms with Crippen molar-refractivity contribution in [2.24, 2.45) is 0 Å². The molecule has 0 amide bonds. The van der Waals surface area contributed by atoms with Crippen LogP contribution in [0.4, 0.5) is 4.39 Å². The Balaban J connectivity index is 1.68. The van der Waals surface area contributed by atoms with E-state index in [0.717, 1.165) is 11.3 Å². The molecule has 0 N–H and O–H groups in total. The Kier molecular flexibility index (Phi) is 4.95. The Hall–Kier alpha value is -2.93. The number of Topliss-reactive ketones (excluding diaryl/α,β-unsaturated/α-hetero) is 1. The third kappa shape index (κ3) is 3.95. The molecule has 0 radical (unpaired) electrons. The van der Waals surface area contributed by atoms with Gasteiger partial charge in [-0.15, -0.1) is 11.3 Å². The number of carbonyl (C=O) groups is 2. The lowest BCUT2D eigenvalue weighted by Gasteiger charge is -2.03. The standard InChI is InChI=1S/C18H13FN2O3S/c1-11-16(25-17(21-11)14-4-2-3-9-20-14)18(23)24-10-15(22)12-5-7-13(19)8-6-12/h2-9H,10H2,1H3. The van der Waals surface area contributed by atoms with Gasteiger partial charge in [-0.05, 0) is 43.3 Å². The number of esters is 1. The van der Waals surface area contributed by atoms with Crippen LogP contribution in [0.5, 0.6) is 0 Å². The predicted molar refractivity (Wildman–Crippen MR) is 91.1 cm³/mol. The van der Waals surface area contributed by atoms with Gasteiger partial charge in [-0.1, -0.05) is 6.07 Å². The van der Waals surface area contributed by atoms with E-state index >= 15 is 0 Å². The molecule has 3 aromatic rings. The fraction of sp³-hybridized carbons (Fsp3) is 0.111. The Labute approximate surface area is 147 Å². The Morgan fingerprint density at radius 1 is 1.16 bits per heavy atom. The summed E-state index contributed by atoms with van der Waals surface area (Å²) in [5.74, 6) is -1.45. The maximum Gasteiger partial charge on any atom is 0.350 e. The summed E-state index contributed by atoms with van der Waals surface area (Å²) < 4.78 is 17.9. The number of pyridine rings is 1. The minimum Gasteiger partial charge on any atom is -0.453 e. The largest absolute Gasteiger partial charge is 0.453 e. The van der Waals surface area contributed by atoms with Gasteiger partial charge in [0.2, 0.25) is 0 Å². The topological polar surface area (TPSA) is 69.2 Å². The van der Waals surface area contributed by atoms with Gasteiger partial charge in [-0.2, -0.15) is 0 Å². The van der Waals surface area contributed by atoms with Crippen molar-refractivity contribution in [2.45, 2.75) is 6.92 Å². The lowest BCUT2D eigenvalue weighted by Crippen LogP contribution is -2.14. The molecule has 0 atom stereocenters. The summed E-state index contributed by atoms with van der Waals surface area (Å²) in [5.41, 5.74) is 1.46. The molecule has 3 rings (SSSR count). The first kappa shape index (κ1) is 16.9. The molecule has 25 heavy (non-hydrogen) atoms. The molecule has 0 fully saturated rings. The molecule has 0 unspecified atom stereocenters. The van der Waals surface area contributed by atoms with Gasteiger partial charge in [-0.3, -0.25) is 9.78 Å². The average molecular weight is 356 g/mol. The number of ketones is 1. The van der Waals surface area contributed by atoms with Gasteiger partial charge in [0.25, 0.3) is 0 Å². The van der Waals surface area contributed by atoms with Crippen molar-refractivity contribution in [1.82, 2.24) is 9.97 Å². The van der Waals surface area contributed by atoms with E-state index in [4.69, 9.17) is 4.74 Å². The molecular weight excluding hydrogens is 343 g/mol. The van der Waals surface area contributed by atoms with Gasteiger partial charge in [0.15, 0.2) is 12.4 Å². The summed E-state index contributed by atoms with van der Waals surface area (Å²) in [7, 11) is 0. The van der Waals surface area contributed by atoms with Crippen LogP contribution in [0.1, 0.15) is 25.7 Å². The Morgan fingerprint density at radius 2 is 1.92 bits per heavy atom. The highest BCUT2D eigenvalue weighted by Gasteiger charge is 2.19. The minimum absolute atomic E-state index is 0.282. The van der Waals surface area contributed by atoms with Gasteiger partial charge >= 0.3 is 5.97 Å². The van der Waals surface area contributed by atoms with Crippen LogP contribution >= 0.6 is 11.3 Å². The van der Waals surface area contributed by atoms with Crippen molar-refractivity contribution in [1.29, 1.82) is 0 Å². The molecule has 0 bridgehead atoms. The van der Waals surface area contributed by atoms with E-state index in [1.807, 2.05) is 6.07 Å². The molecular formula is C18H13FN2O3S. The number of benzene rings is 1. The molecule has 1 aromatic carbocycles. The normalized spacial score (nSPS) is 10.5. The number of thiazole rings is 1. The molecule has 2 aromatic heterocycles. The molecule has 2 heterocycles. The second kappa shape index (κ2) is 7.31. The molecule has 0 aliphatic rings. The molecule has 5 nitrogen and oxygen atoms in total. The van der Waals surface area contributed by atoms with Crippen LogP contribution in [0.2, 0.25) is 0 Å². The highest BCUT2D eigenvalue weighted by atomic mass is 32.1. The summed E-state index contributed by atoms with van der Waals surface area (Å²) >= 11 is 1.16. The van der Waals surface area contributed by atoms with Crippen LogP contribution in [0.15, 0.2) is 48.7 Å². The van der Waals surface area contributed by atoms with Crippen molar-refractivity contribution in [2.75, 3.05) is 6.61 Å². The number of ether oxygens (including phenoxy) is 1. The predicted octanol–water partition coefficient (Wildman–Crippen LogP) is 3.69. The van der Waals surface area contributed by atoms with E-state index in [0.29, 0.717) is 21.3 Å². The number of hydrogen-bond acceptors (Lipinski definition) is 6. The van der Waals surface area contributed by atoms with Crippen molar-refractivity contribution in [3.05, 3.63) is 70.6 Å². The van der Waals surface area contributed by atoms with Crippen molar-refractivity contribution < 1.29 is 18.7 Å². The SMILES string of the molecule is Cc1nc(-c2ccccn2)sc1C(=O)OCC(=O)c1ccc(F)cc1. The van der Waals surface area contributed by atoms with Gasteiger partial charge < -0.3 is 4.74 Å². The number of aromatic nitrogens is 2. The van der Waals surface area contributed by atoms with Crippen molar-refractivity contribution in [3.63, 3.8) is 0 Å². The monoisotopic (exact) mass is 356 g/mol. The number of hydrogen-bond donors (Lipinski definition) is 0. The number of carbonyl (C=O) groups excluding carboxylic acids is 2. The molecule has 0 aliphatic carbocycles. The quantitative estimate of drug-likeness (QED) is 0.515. The molecule has 126 valence electrons. The number of aryl methyl sites for hydroxylation is 1. The van der Waals surface area contributed by atoms with Crippen molar-refractivity contribution in [3.8, 4) is 10.7 Å². The van der Waals surface area contributed by atoms with E-state index < -0.39 is 24.2 Å². The van der Waals surface area contributed by atoms with Gasteiger partial charge in [0, 0.05) is 11.8 Å². The smallest absolute Gasteiger partial charge is 0.350 e. The molecule has 0 aliphatic heterocycles. The van der Waals surface area contributed by atoms with Gasteiger partial charge in [0.1, 0.15) is 15.7 Å². The van der Waals surface area contributed by atoms with E-state index in [1.165, 1.54) is 24.3 Å². The van der Waals surface area contributed by atoms with Crippen LogP contribution in [-0.4, -0.2) is 28.3 Å². The number of nitrogens with zero attached hydrogens (tertiary/aromatic N) is 2. The van der Waals surface area contributed by atoms with E-state index in [-0.39, 0.29) is 5.56 Å². The van der Waals surface area contributed by atoms with E-state index in [9.17, 15) is 14.0 Å². The summed E-state index contributed by atoms with van der Waals surface area (Å²) in [6, 6.07) is 10.5. The summed E-state index contributed by atoms with van der Waals surface area (Å²) in [5, 5.41) is 0.606. The fourth-order valence-corrected chi connectivity index (χ4v) is 3.04. The molecule has 0 saturated carbocycles. The lowest BCUT2D eigenvalue weighted by atomic mass is 10.1. The van der Waals surface area contributed by atoms with Crippen LogP contribution in [-0.2, 0) is 4.74 Å². The minimum atomic E-state index is -0.618. The molecule has 7 heteroatoms.